The van der Waals surface area contributed by atoms with Gasteiger partial charge >= 0.3 is 0 Å². The van der Waals surface area contributed by atoms with Gasteiger partial charge < -0.3 is 30.5 Å². The molecule has 8 nitrogen and oxygen atoms in total. The Bertz CT molecular complexity index is 820. The van der Waals surface area contributed by atoms with Crippen molar-refractivity contribution in [2.45, 2.75) is 65.5 Å². The molecule has 1 aliphatic rings. The smallest absolute Gasteiger partial charge is 0.255 e. The highest BCUT2D eigenvalue weighted by atomic mass is 35.5. The number of nitrogens with one attached hydrogen (secondary N) is 1. The molecular weight excluding hydrogens is 482 g/mol. The summed E-state index contributed by atoms with van der Waals surface area (Å²) in [5.41, 5.74) is 6.47. The maximum atomic E-state index is 12.9. The van der Waals surface area contributed by atoms with Crippen molar-refractivity contribution in [1.82, 2.24) is 10.2 Å². The van der Waals surface area contributed by atoms with Crippen LogP contribution in [0.2, 0.25) is 0 Å². The molecule has 1 heterocycles. The summed E-state index contributed by atoms with van der Waals surface area (Å²) >= 11 is 0. The molecule has 206 valence electrons. The van der Waals surface area contributed by atoms with Gasteiger partial charge in [-0.3, -0.25) is 9.59 Å². The molecule has 0 bridgehead atoms. The van der Waals surface area contributed by atoms with Gasteiger partial charge in [-0.1, -0.05) is 39.8 Å². The Morgan fingerprint density at radius 1 is 1.22 bits per heavy atom. The van der Waals surface area contributed by atoms with Crippen LogP contribution in [0.15, 0.2) is 24.3 Å². The molecule has 3 atom stereocenters. The van der Waals surface area contributed by atoms with Crippen molar-refractivity contribution in [3.05, 3.63) is 29.8 Å². The highest BCUT2D eigenvalue weighted by Gasteiger charge is 2.39. The maximum Gasteiger partial charge on any atom is 0.255 e. The molecule has 0 radical (unpaired) electrons. The molecule has 1 aliphatic heterocycles. The van der Waals surface area contributed by atoms with Gasteiger partial charge in [-0.25, -0.2) is 0 Å². The summed E-state index contributed by atoms with van der Waals surface area (Å²) in [6.07, 6.45) is 2.27. The number of unbranched alkanes of at least 4 members (excludes halogenated alkanes) is 1. The lowest BCUT2D eigenvalue weighted by atomic mass is 9.87. The Morgan fingerprint density at radius 2 is 1.89 bits per heavy atom. The van der Waals surface area contributed by atoms with E-state index in [0.29, 0.717) is 44.0 Å². The number of methoxy groups -OCH3 is 1. The lowest BCUT2D eigenvalue weighted by molar-refractivity contribution is -0.135. The summed E-state index contributed by atoms with van der Waals surface area (Å²) < 4.78 is 10.9. The maximum absolute atomic E-state index is 12.9. The number of ether oxygens (including phenoxy) is 2. The zero-order valence-electron chi connectivity index (χ0n) is 22.5. The Hall–Kier alpha value is -1.87. The fraction of sp³-hybridized carbons (Fsp3) is 0.704. The first-order chi connectivity index (χ1) is 16.6. The number of likely N-dealkylation sites (tertiary alicyclic amines) is 1. The first-order valence-corrected chi connectivity index (χ1v) is 12.8. The number of β-amino-alcohol motifs (C(OH)–C–C–N with tert-alkyl or cyclic N) is 1. The second-order valence-electron chi connectivity index (χ2n) is 10.6. The minimum Gasteiger partial charge on any atom is -0.493 e. The Balaban J connectivity index is 0.00000648. The number of halogens is 1. The first-order valence-electron chi connectivity index (χ1n) is 12.8. The molecule has 1 aromatic carbocycles. The third kappa shape index (κ3) is 9.54. The number of para-hydroxylation sites is 1. The average molecular weight is 528 g/mol. The molecule has 0 spiro atoms. The number of aliphatic hydroxyl groups excluding tert-OH is 1. The second kappa shape index (κ2) is 15.4. The van der Waals surface area contributed by atoms with Crippen LogP contribution in [0.1, 0.15) is 63.7 Å². The molecule has 9 heteroatoms. The van der Waals surface area contributed by atoms with E-state index in [9.17, 15) is 14.7 Å². The summed E-state index contributed by atoms with van der Waals surface area (Å²) in [6, 6.07) is 6.75. The highest BCUT2D eigenvalue weighted by Crippen LogP contribution is 2.30. The summed E-state index contributed by atoms with van der Waals surface area (Å²) in [7, 11) is 1.67. The van der Waals surface area contributed by atoms with Crippen molar-refractivity contribution in [2.24, 2.45) is 23.0 Å². The van der Waals surface area contributed by atoms with Crippen molar-refractivity contribution >= 4 is 24.2 Å². The number of carbonyl (C=O) groups excluding carboxylic acids is 2. The van der Waals surface area contributed by atoms with Crippen molar-refractivity contribution < 1.29 is 24.2 Å². The van der Waals surface area contributed by atoms with Gasteiger partial charge in [0, 0.05) is 44.8 Å². The molecule has 0 saturated carbocycles. The van der Waals surface area contributed by atoms with Crippen LogP contribution < -0.4 is 15.8 Å². The number of benzene rings is 1. The minimum absolute atomic E-state index is 0. The van der Waals surface area contributed by atoms with Gasteiger partial charge in [0.2, 0.25) is 5.91 Å². The van der Waals surface area contributed by atoms with Crippen LogP contribution in [-0.2, 0) is 9.53 Å². The number of nitrogens with zero attached hydrogens (tertiary/aromatic N) is 1. The predicted octanol–water partition coefficient (Wildman–Crippen LogP) is 3.25. The molecule has 1 saturated heterocycles. The molecule has 2 amide bonds. The van der Waals surface area contributed by atoms with E-state index < -0.39 is 12.1 Å². The van der Waals surface area contributed by atoms with Gasteiger partial charge in [-0.2, -0.15) is 0 Å². The molecule has 2 rings (SSSR count). The standard InChI is InChI=1S/C27H45N3O5.ClH/c1-19(2)20(16-22(28)23(31)18-30-13-12-27(3,4)26(30)33)17-29-25(32)21-10-6-7-11-24(21)35-15-9-8-14-34-5;/h6-7,10-11,19-20,22-23,31H,8-9,12-18,28H2,1-5H3,(H,29,32);1H. The van der Waals surface area contributed by atoms with Crippen LogP contribution in [0.3, 0.4) is 0 Å². The summed E-state index contributed by atoms with van der Waals surface area (Å²) in [5, 5.41) is 13.7. The molecule has 36 heavy (non-hydrogen) atoms. The van der Waals surface area contributed by atoms with Crippen LogP contribution in [0.5, 0.6) is 5.75 Å². The quantitative estimate of drug-likeness (QED) is 0.302. The van der Waals surface area contributed by atoms with Gasteiger partial charge in [-0.05, 0) is 49.7 Å². The summed E-state index contributed by atoms with van der Waals surface area (Å²) in [5.74, 6) is 0.775. The van der Waals surface area contributed by atoms with Crippen molar-refractivity contribution in [1.29, 1.82) is 0 Å². The van der Waals surface area contributed by atoms with E-state index >= 15 is 0 Å². The number of nitrogens with two attached hydrogens (primary N) is 1. The lowest BCUT2D eigenvalue weighted by Crippen LogP contribution is -2.47. The molecule has 4 N–H and O–H groups in total. The average Bonchev–Trinajstić information content (AvgIpc) is 3.08. The third-order valence-electron chi connectivity index (χ3n) is 6.95. The fourth-order valence-electron chi connectivity index (χ4n) is 4.31. The number of rotatable bonds is 15. The van der Waals surface area contributed by atoms with Crippen LogP contribution in [0.25, 0.3) is 0 Å². The molecule has 3 unspecified atom stereocenters. The Kier molecular flexibility index (Phi) is 13.8. The fourth-order valence-corrected chi connectivity index (χ4v) is 4.31. The second-order valence-corrected chi connectivity index (χ2v) is 10.6. The zero-order chi connectivity index (χ0) is 26.0. The van der Waals surface area contributed by atoms with Crippen molar-refractivity contribution in [3.63, 3.8) is 0 Å². The number of hydrogen-bond donors (Lipinski definition) is 3. The Morgan fingerprint density at radius 3 is 2.50 bits per heavy atom. The molecule has 1 fully saturated rings. The highest BCUT2D eigenvalue weighted by molar-refractivity contribution is 5.96. The van der Waals surface area contributed by atoms with E-state index in [0.717, 1.165) is 19.3 Å². The SMILES string of the molecule is COCCCCOc1ccccc1C(=O)NCC(CC(N)C(O)CN1CCC(C)(C)C1=O)C(C)C.Cl. The van der Waals surface area contributed by atoms with Gasteiger partial charge in [0.05, 0.1) is 18.3 Å². The summed E-state index contributed by atoms with van der Waals surface area (Å²) in [4.78, 5) is 27.1. The summed E-state index contributed by atoms with van der Waals surface area (Å²) in [6.45, 7) is 10.6. The van der Waals surface area contributed by atoms with E-state index in [1.165, 1.54) is 0 Å². The van der Waals surface area contributed by atoms with Crippen molar-refractivity contribution in [3.8, 4) is 5.75 Å². The van der Waals surface area contributed by atoms with Crippen molar-refractivity contribution in [2.75, 3.05) is 40.0 Å². The number of aliphatic hydroxyl groups is 1. The van der Waals surface area contributed by atoms with E-state index in [4.69, 9.17) is 15.2 Å². The molecule has 0 aliphatic carbocycles. The predicted molar refractivity (Wildman–Crippen MR) is 145 cm³/mol. The molecular formula is C27H46ClN3O5. The first kappa shape index (κ1) is 32.2. The molecule has 0 aromatic heterocycles. The zero-order valence-corrected chi connectivity index (χ0v) is 23.3. The normalized spacial score (nSPS) is 17.4. The van der Waals surface area contributed by atoms with E-state index in [1.807, 2.05) is 26.0 Å². The van der Waals surface area contributed by atoms with Crippen LogP contribution in [0, 0.1) is 17.3 Å². The van der Waals surface area contributed by atoms with Gasteiger partial charge in [0.15, 0.2) is 0 Å². The van der Waals surface area contributed by atoms with Crippen LogP contribution >= 0.6 is 12.4 Å². The van der Waals surface area contributed by atoms with E-state index in [2.05, 4.69) is 19.2 Å². The van der Waals surface area contributed by atoms with E-state index in [1.54, 1.807) is 24.1 Å². The largest absolute Gasteiger partial charge is 0.493 e. The van der Waals surface area contributed by atoms with Crippen LogP contribution in [-0.4, -0.2) is 73.9 Å². The monoisotopic (exact) mass is 527 g/mol. The van der Waals surface area contributed by atoms with Crippen LogP contribution in [0.4, 0.5) is 0 Å². The number of hydrogen-bond acceptors (Lipinski definition) is 6. The number of amides is 2. The number of carbonyl (C=O) groups is 2. The van der Waals surface area contributed by atoms with Gasteiger partial charge in [0.1, 0.15) is 5.75 Å². The lowest BCUT2D eigenvalue weighted by Gasteiger charge is -2.30. The topological polar surface area (TPSA) is 114 Å². The molecule has 1 aromatic rings. The minimum atomic E-state index is -0.808. The van der Waals surface area contributed by atoms with Gasteiger partial charge in [-0.15, -0.1) is 12.4 Å². The third-order valence-corrected chi connectivity index (χ3v) is 6.95. The van der Waals surface area contributed by atoms with E-state index in [-0.39, 0.29) is 48.0 Å². The van der Waals surface area contributed by atoms with Gasteiger partial charge in [0.25, 0.3) is 5.91 Å². The Labute approximate surface area is 222 Å².